The fourth-order valence-electron chi connectivity index (χ4n) is 1.94. The van der Waals surface area contributed by atoms with Crippen molar-refractivity contribution in [3.63, 3.8) is 0 Å². The van der Waals surface area contributed by atoms with Crippen molar-refractivity contribution in [1.82, 2.24) is 0 Å². The standard InChI is InChI=1S/C17H16FNO4S/c1-22-14-8-7-11(9-12(14)18)17(21)23-10-16(20)19-13-5-3-4-6-15(13)24-2/h3-9H,10H2,1-2H3,(H,19,20). The van der Waals surface area contributed by atoms with E-state index in [0.29, 0.717) is 5.69 Å². The zero-order valence-corrected chi connectivity index (χ0v) is 14.0. The molecule has 2 rings (SSSR count). The second kappa shape index (κ2) is 8.35. The van der Waals surface area contributed by atoms with Crippen LogP contribution in [0.4, 0.5) is 10.1 Å². The Balaban J connectivity index is 1.94. The summed E-state index contributed by atoms with van der Waals surface area (Å²) in [6.45, 7) is -0.463. The average Bonchev–Trinajstić information content (AvgIpc) is 2.60. The molecule has 0 aromatic heterocycles. The van der Waals surface area contributed by atoms with Crippen LogP contribution in [-0.4, -0.2) is 31.8 Å². The van der Waals surface area contributed by atoms with Crippen LogP contribution < -0.4 is 10.1 Å². The zero-order valence-electron chi connectivity index (χ0n) is 13.2. The van der Waals surface area contributed by atoms with Gasteiger partial charge in [0.2, 0.25) is 0 Å². The van der Waals surface area contributed by atoms with Gasteiger partial charge in [0, 0.05) is 4.90 Å². The number of para-hydroxylation sites is 1. The fraction of sp³-hybridized carbons (Fsp3) is 0.176. The number of carbonyl (C=O) groups excluding carboxylic acids is 2. The van der Waals surface area contributed by atoms with Gasteiger partial charge in [0.1, 0.15) is 0 Å². The third-order valence-electron chi connectivity index (χ3n) is 3.10. The Morgan fingerprint density at radius 1 is 1.21 bits per heavy atom. The molecule has 0 unspecified atom stereocenters. The highest BCUT2D eigenvalue weighted by molar-refractivity contribution is 7.98. The van der Waals surface area contributed by atoms with Crippen LogP contribution in [0.3, 0.4) is 0 Å². The lowest BCUT2D eigenvalue weighted by molar-refractivity contribution is -0.119. The number of nitrogens with one attached hydrogen (secondary N) is 1. The van der Waals surface area contributed by atoms with E-state index in [2.05, 4.69) is 5.32 Å². The second-order valence-corrected chi connectivity index (χ2v) is 5.52. The van der Waals surface area contributed by atoms with Crippen molar-refractivity contribution < 1.29 is 23.5 Å². The maximum Gasteiger partial charge on any atom is 0.338 e. The van der Waals surface area contributed by atoms with E-state index in [1.54, 1.807) is 12.1 Å². The Morgan fingerprint density at radius 2 is 1.96 bits per heavy atom. The minimum Gasteiger partial charge on any atom is -0.494 e. The largest absolute Gasteiger partial charge is 0.494 e. The average molecular weight is 349 g/mol. The summed E-state index contributed by atoms with van der Waals surface area (Å²) in [4.78, 5) is 24.7. The van der Waals surface area contributed by atoms with Gasteiger partial charge < -0.3 is 14.8 Å². The Labute approximate surface area is 143 Å². The predicted molar refractivity (Wildman–Crippen MR) is 90.1 cm³/mol. The van der Waals surface area contributed by atoms with Crippen LogP contribution in [0.25, 0.3) is 0 Å². The monoisotopic (exact) mass is 349 g/mol. The highest BCUT2D eigenvalue weighted by atomic mass is 32.2. The van der Waals surface area contributed by atoms with E-state index in [4.69, 9.17) is 9.47 Å². The molecule has 0 saturated carbocycles. The number of anilines is 1. The van der Waals surface area contributed by atoms with Crippen LogP contribution in [0.1, 0.15) is 10.4 Å². The van der Waals surface area contributed by atoms with Gasteiger partial charge in [0.15, 0.2) is 18.2 Å². The van der Waals surface area contributed by atoms with Crippen LogP contribution in [-0.2, 0) is 9.53 Å². The SMILES string of the molecule is COc1ccc(C(=O)OCC(=O)Nc2ccccc2SC)cc1F. The van der Waals surface area contributed by atoms with Gasteiger partial charge in [-0.1, -0.05) is 12.1 Å². The van der Waals surface area contributed by atoms with Gasteiger partial charge in [-0.3, -0.25) is 4.79 Å². The molecule has 7 heteroatoms. The van der Waals surface area contributed by atoms with Gasteiger partial charge in [-0.05, 0) is 36.6 Å². The molecule has 0 spiro atoms. The van der Waals surface area contributed by atoms with Gasteiger partial charge >= 0.3 is 5.97 Å². The van der Waals surface area contributed by atoms with E-state index in [1.807, 2.05) is 18.4 Å². The third-order valence-corrected chi connectivity index (χ3v) is 3.90. The maximum atomic E-state index is 13.6. The smallest absolute Gasteiger partial charge is 0.338 e. The fourth-order valence-corrected chi connectivity index (χ4v) is 2.50. The molecule has 5 nitrogen and oxygen atoms in total. The van der Waals surface area contributed by atoms with Gasteiger partial charge in [-0.2, -0.15) is 0 Å². The molecule has 0 aliphatic rings. The van der Waals surface area contributed by atoms with Crippen molar-refractivity contribution in [3.05, 3.63) is 53.8 Å². The molecule has 0 heterocycles. The molecule has 0 aliphatic carbocycles. The van der Waals surface area contributed by atoms with Crippen molar-refractivity contribution in [2.24, 2.45) is 0 Å². The Bertz CT molecular complexity index is 751. The lowest BCUT2D eigenvalue weighted by Crippen LogP contribution is -2.21. The molecule has 1 amide bonds. The predicted octanol–water partition coefficient (Wildman–Crippen LogP) is 3.35. The van der Waals surface area contributed by atoms with Crippen molar-refractivity contribution >= 4 is 29.3 Å². The zero-order chi connectivity index (χ0) is 17.5. The molecule has 0 saturated heterocycles. The topological polar surface area (TPSA) is 64.6 Å². The molecule has 2 aromatic carbocycles. The van der Waals surface area contributed by atoms with E-state index < -0.39 is 24.3 Å². The van der Waals surface area contributed by atoms with Crippen LogP contribution in [0.5, 0.6) is 5.75 Å². The summed E-state index contributed by atoms with van der Waals surface area (Å²) in [5, 5.41) is 2.67. The summed E-state index contributed by atoms with van der Waals surface area (Å²) in [6, 6.07) is 11.0. The first kappa shape index (κ1) is 17.8. The van der Waals surface area contributed by atoms with Crippen molar-refractivity contribution in [2.45, 2.75) is 4.90 Å². The molecule has 24 heavy (non-hydrogen) atoms. The number of carbonyl (C=O) groups is 2. The molecular weight excluding hydrogens is 333 g/mol. The molecule has 126 valence electrons. The number of esters is 1. The summed E-state index contributed by atoms with van der Waals surface area (Å²) >= 11 is 1.49. The highest BCUT2D eigenvalue weighted by Gasteiger charge is 2.14. The van der Waals surface area contributed by atoms with Crippen LogP contribution in [0.2, 0.25) is 0 Å². The second-order valence-electron chi connectivity index (χ2n) is 4.67. The van der Waals surface area contributed by atoms with Crippen LogP contribution >= 0.6 is 11.8 Å². The van der Waals surface area contributed by atoms with Gasteiger partial charge in [0.25, 0.3) is 5.91 Å². The quantitative estimate of drug-likeness (QED) is 0.640. The number of benzene rings is 2. The van der Waals surface area contributed by atoms with Gasteiger partial charge in [0.05, 0.1) is 18.4 Å². The molecule has 0 atom stereocenters. The van der Waals surface area contributed by atoms with E-state index in [-0.39, 0.29) is 11.3 Å². The van der Waals surface area contributed by atoms with Crippen LogP contribution in [0, 0.1) is 5.82 Å². The van der Waals surface area contributed by atoms with Gasteiger partial charge in [-0.25, -0.2) is 9.18 Å². The summed E-state index contributed by atoms with van der Waals surface area (Å²) in [5.74, 6) is -1.91. The Kier molecular flexibility index (Phi) is 6.20. The van der Waals surface area contributed by atoms with E-state index >= 15 is 0 Å². The number of rotatable bonds is 6. The lowest BCUT2D eigenvalue weighted by atomic mass is 10.2. The first-order valence-electron chi connectivity index (χ1n) is 6.98. The number of ether oxygens (including phenoxy) is 2. The lowest BCUT2D eigenvalue weighted by Gasteiger charge is -2.10. The van der Waals surface area contributed by atoms with Crippen LogP contribution in [0.15, 0.2) is 47.4 Å². The Morgan fingerprint density at radius 3 is 2.62 bits per heavy atom. The van der Waals surface area contributed by atoms with Gasteiger partial charge in [-0.15, -0.1) is 11.8 Å². The third kappa shape index (κ3) is 4.48. The van der Waals surface area contributed by atoms with E-state index in [1.165, 1.54) is 31.0 Å². The maximum absolute atomic E-state index is 13.6. The summed E-state index contributed by atoms with van der Waals surface area (Å²) in [7, 11) is 1.33. The van der Waals surface area contributed by atoms with Crippen molar-refractivity contribution in [1.29, 1.82) is 0 Å². The molecule has 0 bridgehead atoms. The summed E-state index contributed by atoms with van der Waals surface area (Å²) in [6.07, 6.45) is 1.89. The minimum absolute atomic E-state index is 0.00520. The number of hydrogen-bond donors (Lipinski definition) is 1. The molecule has 1 N–H and O–H groups in total. The first-order valence-corrected chi connectivity index (χ1v) is 8.21. The van der Waals surface area contributed by atoms with Crippen molar-refractivity contribution in [3.8, 4) is 5.75 Å². The van der Waals surface area contributed by atoms with E-state index in [0.717, 1.165) is 11.0 Å². The summed E-state index contributed by atoms with van der Waals surface area (Å²) < 4.78 is 23.2. The molecule has 0 aliphatic heterocycles. The van der Waals surface area contributed by atoms with E-state index in [9.17, 15) is 14.0 Å². The number of hydrogen-bond acceptors (Lipinski definition) is 5. The Hall–Kier alpha value is -2.54. The van der Waals surface area contributed by atoms with Crippen molar-refractivity contribution in [2.75, 3.05) is 25.3 Å². The number of amides is 1. The number of halogens is 1. The molecule has 0 radical (unpaired) electrons. The normalized spacial score (nSPS) is 10.1. The summed E-state index contributed by atoms with van der Waals surface area (Å²) in [5.41, 5.74) is 0.646. The molecular formula is C17H16FNO4S. The number of methoxy groups -OCH3 is 1. The first-order chi connectivity index (χ1) is 11.5. The highest BCUT2D eigenvalue weighted by Crippen LogP contribution is 2.24. The minimum atomic E-state index is -0.787. The molecule has 2 aromatic rings. The number of thioether (sulfide) groups is 1. The molecule has 0 fully saturated rings.